The Morgan fingerprint density at radius 1 is 1.21 bits per heavy atom. The van der Waals surface area contributed by atoms with E-state index in [1.807, 2.05) is 48.5 Å². The monoisotopic (exact) mass is 321 g/mol. The molecule has 2 atom stereocenters. The molecule has 24 heavy (non-hydrogen) atoms. The van der Waals surface area contributed by atoms with Crippen molar-refractivity contribution in [1.29, 1.82) is 5.26 Å². The van der Waals surface area contributed by atoms with E-state index in [0.717, 1.165) is 22.4 Å². The van der Waals surface area contributed by atoms with Crippen LogP contribution in [0.2, 0.25) is 0 Å². The number of amides is 2. The molecule has 122 valence electrons. The maximum absolute atomic E-state index is 12.3. The minimum absolute atomic E-state index is 0.328. The Bertz CT molecular complexity index is 808. The molecule has 2 unspecified atom stereocenters. The molecular formula is C19H19N3O2. The van der Waals surface area contributed by atoms with E-state index in [9.17, 15) is 9.59 Å². The number of carbonyl (C=O) groups is 2. The molecule has 0 aliphatic carbocycles. The van der Waals surface area contributed by atoms with Crippen molar-refractivity contribution >= 4 is 22.6 Å². The highest BCUT2D eigenvalue weighted by atomic mass is 16.2. The van der Waals surface area contributed by atoms with Crippen LogP contribution in [0.1, 0.15) is 12.5 Å². The quantitative estimate of drug-likeness (QED) is 0.799. The Labute approximate surface area is 141 Å². The van der Waals surface area contributed by atoms with E-state index in [-0.39, 0.29) is 0 Å². The molecule has 5 nitrogen and oxygen atoms in total. The second kappa shape index (κ2) is 7.93. The molecule has 0 heterocycles. The molecule has 0 fully saturated rings. The lowest BCUT2D eigenvalue weighted by atomic mass is 10.0. The summed E-state index contributed by atoms with van der Waals surface area (Å²) in [5.41, 5.74) is 0.919. The molecule has 2 rings (SSSR count). The zero-order valence-electron chi connectivity index (χ0n) is 13.5. The van der Waals surface area contributed by atoms with E-state index in [0.29, 0.717) is 6.42 Å². The van der Waals surface area contributed by atoms with Gasteiger partial charge in [0.15, 0.2) is 0 Å². The summed E-state index contributed by atoms with van der Waals surface area (Å²) in [4.78, 5) is 23.9. The first kappa shape index (κ1) is 17.2. The van der Waals surface area contributed by atoms with Gasteiger partial charge in [0.1, 0.15) is 12.1 Å². The topological polar surface area (TPSA) is 82.0 Å². The first-order valence-corrected chi connectivity index (χ1v) is 7.64. The molecule has 0 saturated carbocycles. The average Bonchev–Trinajstić information content (AvgIpc) is 2.60. The Morgan fingerprint density at radius 3 is 2.58 bits per heavy atom. The Balaban J connectivity index is 2.21. The standard InChI is InChI=1S/C19H19N3O2/c1-3-18(23)22-17(19(24)21-13(2)12-20)11-14-8-9-15-6-4-5-7-16(15)10-14/h3-10,13,17H,1,11H2,2H3,(H,21,24)(H,22,23). The van der Waals surface area contributed by atoms with E-state index in [2.05, 4.69) is 17.2 Å². The van der Waals surface area contributed by atoms with Crippen molar-refractivity contribution in [3.8, 4) is 6.07 Å². The zero-order chi connectivity index (χ0) is 17.5. The van der Waals surface area contributed by atoms with Gasteiger partial charge in [-0.1, -0.05) is 49.0 Å². The van der Waals surface area contributed by atoms with Gasteiger partial charge in [-0.05, 0) is 29.3 Å². The van der Waals surface area contributed by atoms with Crippen LogP contribution in [0.5, 0.6) is 0 Å². The van der Waals surface area contributed by atoms with E-state index >= 15 is 0 Å². The molecule has 5 heteroatoms. The lowest BCUT2D eigenvalue weighted by molar-refractivity contribution is -0.127. The average molecular weight is 321 g/mol. The van der Waals surface area contributed by atoms with Gasteiger partial charge in [-0.25, -0.2) is 0 Å². The normalized spacial score (nSPS) is 12.7. The van der Waals surface area contributed by atoms with Crippen LogP contribution in [0.15, 0.2) is 55.1 Å². The molecule has 0 bridgehead atoms. The summed E-state index contributed by atoms with van der Waals surface area (Å²) >= 11 is 0. The van der Waals surface area contributed by atoms with Gasteiger partial charge in [0.05, 0.1) is 6.07 Å². The zero-order valence-corrected chi connectivity index (χ0v) is 13.5. The van der Waals surface area contributed by atoms with Crippen molar-refractivity contribution in [3.05, 3.63) is 60.7 Å². The number of carbonyl (C=O) groups excluding carboxylic acids is 2. The van der Waals surface area contributed by atoms with Crippen LogP contribution < -0.4 is 10.6 Å². The Morgan fingerprint density at radius 2 is 1.92 bits per heavy atom. The third-order valence-electron chi connectivity index (χ3n) is 3.62. The van der Waals surface area contributed by atoms with Gasteiger partial charge in [-0.2, -0.15) is 5.26 Å². The van der Waals surface area contributed by atoms with Gasteiger partial charge in [0, 0.05) is 6.42 Å². The number of nitriles is 1. The molecule has 0 aliphatic rings. The number of nitrogens with zero attached hydrogens (tertiary/aromatic N) is 1. The number of hydrogen-bond donors (Lipinski definition) is 2. The first-order chi connectivity index (χ1) is 11.5. The number of hydrogen-bond acceptors (Lipinski definition) is 3. The van der Waals surface area contributed by atoms with Crippen LogP contribution in [0.4, 0.5) is 0 Å². The molecule has 0 spiro atoms. The molecule has 2 amide bonds. The van der Waals surface area contributed by atoms with Gasteiger partial charge in [-0.15, -0.1) is 0 Å². The number of nitrogens with one attached hydrogen (secondary N) is 2. The highest BCUT2D eigenvalue weighted by Gasteiger charge is 2.21. The second-order valence-electron chi connectivity index (χ2n) is 5.51. The van der Waals surface area contributed by atoms with Crippen LogP contribution in [-0.4, -0.2) is 23.9 Å². The summed E-state index contributed by atoms with van der Waals surface area (Å²) < 4.78 is 0. The largest absolute Gasteiger partial charge is 0.340 e. The molecule has 0 aromatic heterocycles. The van der Waals surface area contributed by atoms with Crippen LogP contribution in [0, 0.1) is 11.3 Å². The number of benzene rings is 2. The maximum atomic E-state index is 12.3. The van der Waals surface area contributed by atoms with Crippen LogP contribution in [0.3, 0.4) is 0 Å². The maximum Gasteiger partial charge on any atom is 0.244 e. The first-order valence-electron chi connectivity index (χ1n) is 7.64. The number of fused-ring (bicyclic) bond motifs is 1. The number of rotatable bonds is 6. The fraction of sp³-hybridized carbons (Fsp3) is 0.211. The van der Waals surface area contributed by atoms with Gasteiger partial charge in [0.25, 0.3) is 0 Å². The summed E-state index contributed by atoms with van der Waals surface area (Å²) in [5, 5.41) is 16.2. The Hall–Kier alpha value is -3.13. The minimum Gasteiger partial charge on any atom is -0.340 e. The van der Waals surface area contributed by atoms with Crippen molar-refractivity contribution in [2.45, 2.75) is 25.4 Å². The molecule has 0 aliphatic heterocycles. The molecule has 2 aromatic rings. The molecule has 0 saturated heterocycles. The van der Waals surface area contributed by atoms with E-state index < -0.39 is 23.9 Å². The fourth-order valence-electron chi connectivity index (χ4n) is 2.39. The predicted octanol–water partition coefficient (Wildman–Crippen LogP) is 2.08. The van der Waals surface area contributed by atoms with Crippen molar-refractivity contribution in [2.75, 3.05) is 0 Å². The lowest BCUT2D eigenvalue weighted by Crippen LogP contribution is -2.49. The molecule has 2 aromatic carbocycles. The van der Waals surface area contributed by atoms with Crippen molar-refractivity contribution in [3.63, 3.8) is 0 Å². The molecular weight excluding hydrogens is 302 g/mol. The van der Waals surface area contributed by atoms with Gasteiger partial charge in [0.2, 0.25) is 11.8 Å². The molecule has 0 radical (unpaired) electrons. The summed E-state index contributed by atoms with van der Waals surface area (Å²) in [6.45, 7) is 4.99. The summed E-state index contributed by atoms with van der Waals surface area (Å²) in [6.07, 6.45) is 1.45. The van der Waals surface area contributed by atoms with Crippen molar-refractivity contribution in [2.24, 2.45) is 0 Å². The van der Waals surface area contributed by atoms with Crippen LogP contribution >= 0.6 is 0 Å². The second-order valence-corrected chi connectivity index (χ2v) is 5.51. The summed E-state index contributed by atoms with van der Waals surface area (Å²) in [6, 6.07) is 14.4. The van der Waals surface area contributed by atoms with Crippen molar-refractivity contribution < 1.29 is 9.59 Å². The van der Waals surface area contributed by atoms with Crippen LogP contribution in [0.25, 0.3) is 10.8 Å². The van der Waals surface area contributed by atoms with Crippen LogP contribution in [-0.2, 0) is 16.0 Å². The lowest BCUT2D eigenvalue weighted by Gasteiger charge is -2.19. The van der Waals surface area contributed by atoms with Gasteiger partial charge >= 0.3 is 0 Å². The predicted molar refractivity (Wildman–Crippen MR) is 93.0 cm³/mol. The third kappa shape index (κ3) is 4.43. The van der Waals surface area contributed by atoms with Crippen molar-refractivity contribution in [1.82, 2.24) is 10.6 Å². The van der Waals surface area contributed by atoms with Gasteiger partial charge in [-0.3, -0.25) is 9.59 Å². The van der Waals surface area contributed by atoms with E-state index in [1.54, 1.807) is 6.92 Å². The van der Waals surface area contributed by atoms with E-state index in [4.69, 9.17) is 5.26 Å². The van der Waals surface area contributed by atoms with Gasteiger partial charge < -0.3 is 10.6 Å². The highest BCUT2D eigenvalue weighted by molar-refractivity contribution is 5.93. The summed E-state index contributed by atoms with van der Waals surface area (Å²) in [7, 11) is 0. The Kier molecular flexibility index (Phi) is 5.69. The fourth-order valence-corrected chi connectivity index (χ4v) is 2.39. The highest BCUT2D eigenvalue weighted by Crippen LogP contribution is 2.16. The van der Waals surface area contributed by atoms with E-state index in [1.165, 1.54) is 0 Å². The third-order valence-corrected chi connectivity index (χ3v) is 3.62. The molecule has 2 N–H and O–H groups in total. The minimum atomic E-state index is -0.771. The smallest absolute Gasteiger partial charge is 0.244 e. The summed E-state index contributed by atoms with van der Waals surface area (Å²) in [5.74, 6) is -0.826. The SMILES string of the molecule is C=CC(=O)NC(Cc1ccc2ccccc2c1)C(=O)NC(C)C#N.